The average molecular weight is 887 g/mol. The van der Waals surface area contributed by atoms with Crippen LogP contribution in [0.4, 0.5) is 38.9 Å². The molecular weight excluding hydrogens is 833 g/mol. The number of carbonyl (C=O) groups excluding carboxylic acids is 2. The number of hydrogen-bond acceptors (Lipinski definition) is 8. The Bertz CT molecular complexity index is 2850. The minimum atomic E-state index is -0.762. The minimum Gasteiger partial charge on any atom is -0.434 e. The van der Waals surface area contributed by atoms with Crippen LogP contribution in [0.25, 0.3) is 11.1 Å². The van der Waals surface area contributed by atoms with Gasteiger partial charge in [0.2, 0.25) is 0 Å². The molecule has 336 valence electrons. The smallest absolute Gasteiger partial charge is 0.434 e. The highest BCUT2D eigenvalue weighted by atomic mass is 16.7. The number of methoxy groups -OCH3 is 1. The summed E-state index contributed by atoms with van der Waals surface area (Å²) in [6.07, 6.45) is 0.618. The van der Waals surface area contributed by atoms with Gasteiger partial charge in [0.15, 0.2) is 0 Å². The van der Waals surface area contributed by atoms with Gasteiger partial charge in [0.1, 0.15) is 11.5 Å². The van der Waals surface area contributed by atoms with Crippen LogP contribution in [-0.4, -0.2) is 32.4 Å². The van der Waals surface area contributed by atoms with Gasteiger partial charge in [0.05, 0.1) is 13.2 Å². The van der Waals surface area contributed by atoms with E-state index in [0.29, 0.717) is 24.5 Å². The van der Waals surface area contributed by atoms with Gasteiger partial charge in [-0.25, -0.2) is 4.79 Å². The van der Waals surface area contributed by atoms with Gasteiger partial charge in [0.25, 0.3) is 0 Å². The van der Waals surface area contributed by atoms with Gasteiger partial charge >= 0.3 is 12.1 Å². The van der Waals surface area contributed by atoms with Crippen LogP contribution in [0.3, 0.4) is 0 Å². The topological polar surface area (TPSA) is 77.5 Å². The van der Waals surface area contributed by atoms with Gasteiger partial charge in [-0.15, -0.1) is 0 Å². The molecule has 0 aliphatic rings. The van der Waals surface area contributed by atoms with Crippen LogP contribution < -0.4 is 19.3 Å². The third-order valence-corrected chi connectivity index (χ3v) is 11.8. The second-order valence-electron chi connectivity index (χ2n) is 16.7. The molecule has 0 spiro atoms. The number of nitrogens with zero attached hydrogens (tertiary/aromatic N) is 2. The number of esters is 1. The molecule has 0 heterocycles. The van der Waals surface area contributed by atoms with E-state index in [0.717, 1.165) is 68.4 Å². The molecular formula is C59H54N2O6. The first-order chi connectivity index (χ1) is 32.6. The fourth-order valence-electron chi connectivity index (χ4n) is 8.13. The molecule has 0 aromatic heterocycles. The molecule has 0 saturated heterocycles. The molecule has 0 unspecified atom stereocenters. The van der Waals surface area contributed by atoms with E-state index in [1.165, 1.54) is 12.5 Å². The summed E-state index contributed by atoms with van der Waals surface area (Å²) < 4.78 is 21.6. The Hall–Kier alpha value is -7.94. The molecule has 8 aromatic rings. The van der Waals surface area contributed by atoms with Crippen molar-refractivity contribution in [2.24, 2.45) is 0 Å². The summed E-state index contributed by atoms with van der Waals surface area (Å²) >= 11 is 0. The van der Waals surface area contributed by atoms with Crippen molar-refractivity contribution in [3.63, 3.8) is 0 Å². The normalized spacial score (nSPS) is 11.1. The van der Waals surface area contributed by atoms with E-state index in [9.17, 15) is 9.59 Å². The first-order valence-corrected chi connectivity index (χ1v) is 22.5. The van der Waals surface area contributed by atoms with Crippen LogP contribution >= 0.6 is 0 Å². The van der Waals surface area contributed by atoms with Crippen molar-refractivity contribution in [1.29, 1.82) is 0 Å². The Morgan fingerprint density at radius 2 is 0.881 bits per heavy atom. The summed E-state index contributed by atoms with van der Waals surface area (Å²) in [4.78, 5) is 28.6. The Labute approximate surface area is 393 Å². The van der Waals surface area contributed by atoms with Crippen LogP contribution in [0, 0.1) is 0 Å². The number of anilines is 6. The van der Waals surface area contributed by atoms with Gasteiger partial charge in [-0.1, -0.05) is 123 Å². The molecule has 8 rings (SSSR count). The molecule has 0 saturated carbocycles. The van der Waals surface area contributed by atoms with E-state index in [1.807, 2.05) is 60.7 Å². The molecule has 0 bridgehead atoms. The second-order valence-corrected chi connectivity index (χ2v) is 16.7. The van der Waals surface area contributed by atoms with Crippen molar-refractivity contribution in [3.8, 4) is 22.6 Å². The standard InChI is InChI=1S/C59H54N2O6/c1-43(62)66-56-34-24-48(25-35-56)59(2,3)49-26-36-57(37-27-49)67-58(63)65-41-39-45-12-11-17-55(42-45)61(51-15-9-6-10-16-51)54-32-22-47(23-33-54)46-20-30-53(31-21-46)60(50-13-7-5-8-14-50)52-28-18-44(19-29-52)38-40-64-4/h5-37,42H,38-41H2,1-4H3. The Morgan fingerprint density at radius 3 is 1.37 bits per heavy atom. The second kappa shape index (κ2) is 21.4. The van der Waals surface area contributed by atoms with Gasteiger partial charge in [-0.2, -0.15) is 0 Å². The van der Waals surface area contributed by atoms with Crippen LogP contribution in [-0.2, 0) is 32.5 Å². The Morgan fingerprint density at radius 1 is 0.448 bits per heavy atom. The molecule has 0 amide bonds. The Balaban J connectivity index is 0.917. The van der Waals surface area contributed by atoms with Crippen LogP contribution in [0.15, 0.2) is 206 Å². The summed E-state index contributed by atoms with van der Waals surface area (Å²) in [7, 11) is 1.73. The molecule has 8 aromatic carbocycles. The highest BCUT2D eigenvalue weighted by Crippen LogP contribution is 2.39. The van der Waals surface area contributed by atoms with Crippen molar-refractivity contribution < 1.29 is 28.5 Å². The van der Waals surface area contributed by atoms with Crippen molar-refractivity contribution in [2.75, 3.05) is 30.1 Å². The summed E-state index contributed by atoms with van der Waals surface area (Å²) in [5.74, 6) is 0.535. The fraction of sp³-hybridized carbons (Fsp3) is 0.153. The molecule has 0 aliphatic carbocycles. The number of ether oxygens (including phenoxy) is 4. The number of benzene rings is 8. The highest BCUT2D eigenvalue weighted by molar-refractivity contribution is 5.81. The molecule has 8 nitrogen and oxygen atoms in total. The van der Waals surface area contributed by atoms with Crippen molar-refractivity contribution >= 4 is 46.2 Å². The zero-order chi connectivity index (χ0) is 46.6. The van der Waals surface area contributed by atoms with E-state index in [4.69, 9.17) is 18.9 Å². The summed E-state index contributed by atoms with van der Waals surface area (Å²) in [5.41, 5.74) is 12.5. The van der Waals surface area contributed by atoms with Gasteiger partial charge in [-0.3, -0.25) is 4.79 Å². The first kappa shape index (κ1) is 45.6. The van der Waals surface area contributed by atoms with E-state index < -0.39 is 6.16 Å². The van der Waals surface area contributed by atoms with E-state index in [1.54, 1.807) is 31.4 Å². The van der Waals surface area contributed by atoms with Crippen molar-refractivity contribution in [2.45, 2.75) is 39.0 Å². The summed E-state index contributed by atoms with van der Waals surface area (Å²) in [5, 5.41) is 0. The van der Waals surface area contributed by atoms with Crippen LogP contribution in [0.5, 0.6) is 11.5 Å². The SMILES string of the molecule is COCCc1ccc(N(c2ccccc2)c2ccc(-c3ccc(N(c4ccccc4)c4cccc(CCOC(=O)Oc5ccc(C(C)(C)c6ccc(OC(C)=O)cc6)cc5)c4)cc3)cc2)cc1. The zero-order valence-corrected chi connectivity index (χ0v) is 38.3. The predicted octanol–water partition coefficient (Wildman–Crippen LogP) is 14.5. The maximum absolute atomic E-state index is 12.8. The maximum atomic E-state index is 12.8. The lowest BCUT2D eigenvalue weighted by molar-refractivity contribution is -0.131. The van der Waals surface area contributed by atoms with Gasteiger partial charge < -0.3 is 28.7 Å². The zero-order valence-electron chi connectivity index (χ0n) is 38.3. The lowest BCUT2D eigenvalue weighted by Crippen LogP contribution is -2.19. The van der Waals surface area contributed by atoms with Crippen LogP contribution in [0.2, 0.25) is 0 Å². The molecule has 0 N–H and O–H groups in total. The number of para-hydroxylation sites is 2. The average Bonchev–Trinajstić information content (AvgIpc) is 3.35. The van der Waals surface area contributed by atoms with E-state index in [-0.39, 0.29) is 18.0 Å². The maximum Gasteiger partial charge on any atom is 0.513 e. The van der Waals surface area contributed by atoms with Crippen molar-refractivity contribution in [3.05, 3.63) is 229 Å². The third kappa shape index (κ3) is 11.5. The van der Waals surface area contributed by atoms with Crippen molar-refractivity contribution in [1.82, 2.24) is 0 Å². The van der Waals surface area contributed by atoms with E-state index in [2.05, 4.69) is 145 Å². The molecule has 8 heteroatoms. The summed E-state index contributed by atoms with van der Waals surface area (Å²) in [6, 6.07) is 69.9. The summed E-state index contributed by atoms with van der Waals surface area (Å²) in [6.45, 7) is 6.44. The first-order valence-electron chi connectivity index (χ1n) is 22.5. The largest absolute Gasteiger partial charge is 0.513 e. The number of rotatable bonds is 17. The monoisotopic (exact) mass is 886 g/mol. The molecule has 0 aliphatic heterocycles. The van der Waals surface area contributed by atoms with Gasteiger partial charge in [-0.05, 0) is 137 Å². The lowest BCUT2D eigenvalue weighted by atomic mass is 9.78. The highest BCUT2D eigenvalue weighted by Gasteiger charge is 2.24. The molecule has 0 atom stereocenters. The molecule has 67 heavy (non-hydrogen) atoms. The minimum absolute atomic E-state index is 0.153. The quantitative estimate of drug-likeness (QED) is 0.0508. The Kier molecular flexibility index (Phi) is 14.5. The fourth-order valence-corrected chi connectivity index (χ4v) is 8.13. The molecule has 0 radical (unpaired) electrons. The molecule has 0 fully saturated rings. The number of hydrogen-bond donors (Lipinski definition) is 0. The predicted molar refractivity (Wildman–Crippen MR) is 269 cm³/mol. The van der Waals surface area contributed by atoms with E-state index >= 15 is 0 Å². The third-order valence-electron chi connectivity index (χ3n) is 11.8. The van der Waals surface area contributed by atoms with Crippen LogP contribution in [0.1, 0.15) is 43.0 Å². The lowest BCUT2D eigenvalue weighted by Gasteiger charge is -2.26. The number of carbonyl (C=O) groups is 2. The van der Waals surface area contributed by atoms with Gasteiger partial charge in [0, 0.05) is 60.0 Å².